The molecule has 0 bridgehead atoms. The highest BCUT2D eigenvalue weighted by Gasteiger charge is 2.19. The molecular weight excluding hydrogens is 397 g/mol. The molecule has 5 aromatic rings. The Bertz CT molecular complexity index is 1440. The first-order chi connectivity index (χ1) is 15.0. The quantitative estimate of drug-likeness (QED) is 0.475. The van der Waals surface area contributed by atoms with E-state index < -0.39 is 0 Å². The second kappa shape index (κ2) is 7.32. The number of fused-ring (bicyclic) bond motifs is 2. The average Bonchev–Trinajstić information content (AvgIpc) is 3.36. The molecule has 4 heterocycles. The van der Waals surface area contributed by atoms with Crippen LogP contribution in [0.25, 0.3) is 28.0 Å². The first-order valence-corrected chi connectivity index (χ1v) is 9.74. The summed E-state index contributed by atoms with van der Waals surface area (Å²) in [5.41, 5.74) is 5.04. The second-order valence-corrected chi connectivity index (χ2v) is 7.35. The van der Waals surface area contributed by atoms with Crippen LogP contribution >= 0.6 is 0 Å². The van der Waals surface area contributed by atoms with Crippen LogP contribution in [0, 0.1) is 19.7 Å². The molecule has 1 amide bonds. The normalized spacial score (nSPS) is 11.3. The van der Waals surface area contributed by atoms with Gasteiger partial charge in [0.05, 0.1) is 34.6 Å². The predicted molar refractivity (Wildman–Crippen MR) is 113 cm³/mol. The zero-order valence-corrected chi connectivity index (χ0v) is 16.9. The molecule has 8 heteroatoms. The van der Waals surface area contributed by atoms with Gasteiger partial charge in [0.15, 0.2) is 0 Å². The number of hydrogen-bond donors (Lipinski definition) is 1. The molecule has 0 aliphatic rings. The minimum absolute atomic E-state index is 0.257. The number of pyridine rings is 2. The van der Waals surface area contributed by atoms with Crippen molar-refractivity contribution >= 4 is 22.7 Å². The third kappa shape index (κ3) is 3.42. The van der Waals surface area contributed by atoms with E-state index in [9.17, 15) is 9.18 Å². The van der Waals surface area contributed by atoms with Crippen molar-refractivity contribution in [1.29, 1.82) is 0 Å². The molecule has 0 saturated heterocycles. The summed E-state index contributed by atoms with van der Waals surface area (Å²) in [7, 11) is 0. The molecule has 4 aromatic heterocycles. The number of hydrogen-bond acceptors (Lipinski definition) is 5. The van der Waals surface area contributed by atoms with Crippen LogP contribution in [0.5, 0.6) is 0 Å². The standard InChI is InChI=1S/C23H18FN5O2/c1-13-4-3-9-29-12-17(26-21(13)29)11-25-22(30)18-10-19(15-5-7-16(24)8-6-15)27-23-20(18)14(2)28-31-23/h3-10,12H,11H2,1-2H3,(H,25,30). The van der Waals surface area contributed by atoms with E-state index in [1.807, 2.05) is 35.9 Å². The summed E-state index contributed by atoms with van der Waals surface area (Å²) in [6, 6.07) is 11.5. The Hall–Kier alpha value is -4.07. The Morgan fingerprint density at radius 1 is 1.16 bits per heavy atom. The van der Waals surface area contributed by atoms with Gasteiger partial charge in [-0.05, 0) is 55.8 Å². The van der Waals surface area contributed by atoms with Crippen molar-refractivity contribution < 1.29 is 13.7 Å². The van der Waals surface area contributed by atoms with Crippen molar-refractivity contribution in [2.45, 2.75) is 20.4 Å². The summed E-state index contributed by atoms with van der Waals surface area (Å²) in [6.07, 6.45) is 3.81. The maximum Gasteiger partial charge on any atom is 0.259 e. The average molecular weight is 415 g/mol. The van der Waals surface area contributed by atoms with Gasteiger partial charge in [0.1, 0.15) is 11.5 Å². The van der Waals surface area contributed by atoms with Crippen molar-refractivity contribution in [2.24, 2.45) is 0 Å². The fourth-order valence-corrected chi connectivity index (χ4v) is 3.60. The van der Waals surface area contributed by atoms with E-state index in [0.29, 0.717) is 27.9 Å². The van der Waals surface area contributed by atoms with Crippen molar-refractivity contribution in [2.75, 3.05) is 0 Å². The number of rotatable bonds is 4. The molecule has 0 saturated carbocycles. The minimum atomic E-state index is -0.346. The summed E-state index contributed by atoms with van der Waals surface area (Å²) >= 11 is 0. The SMILES string of the molecule is Cc1noc2nc(-c3ccc(F)cc3)cc(C(=O)NCc3cn4cccc(C)c4n3)c12. The van der Waals surface area contributed by atoms with E-state index in [0.717, 1.165) is 16.9 Å². The number of amides is 1. The van der Waals surface area contributed by atoms with Crippen LogP contribution in [0.4, 0.5) is 4.39 Å². The summed E-state index contributed by atoms with van der Waals surface area (Å²) in [4.78, 5) is 22.1. The van der Waals surface area contributed by atoms with Crippen LogP contribution in [-0.2, 0) is 6.54 Å². The number of imidazole rings is 1. The van der Waals surface area contributed by atoms with Gasteiger partial charge >= 0.3 is 0 Å². The number of carbonyl (C=O) groups excluding carboxylic acids is 1. The van der Waals surface area contributed by atoms with Crippen LogP contribution < -0.4 is 5.32 Å². The number of carbonyl (C=O) groups is 1. The molecule has 7 nitrogen and oxygen atoms in total. The van der Waals surface area contributed by atoms with Crippen LogP contribution in [0.1, 0.15) is 27.3 Å². The lowest BCUT2D eigenvalue weighted by Gasteiger charge is -2.07. The molecule has 0 spiro atoms. The second-order valence-electron chi connectivity index (χ2n) is 7.35. The Kier molecular flexibility index (Phi) is 4.47. The summed E-state index contributed by atoms with van der Waals surface area (Å²) in [5.74, 6) is -0.642. The highest BCUT2D eigenvalue weighted by molar-refractivity contribution is 6.06. The topological polar surface area (TPSA) is 85.3 Å². The molecule has 0 fully saturated rings. The first-order valence-electron chi connectivity index (χ1n) is 9.74. The molecule has 31 heavy (non-hydrogen) atoms. The number of nitrogens with one attached hydrogen (secondary N) is 1. The fraction of sp³-hybridized carbons (Fsp3) is 0.130. The third-order valence-electron chi connectivity index (χ3n) is 5.16. The fourth-order valence-electron chi connectivity index (χ4n) is 3.60. The smallest absolute Gasteiger partial charge is 0.259 e. The molecule has 1 aromatic carbocycles. The molecule has 154 valence electrons. The summed E-state index contributed by atoms with van der Waals surface area (Å²) < 4.78 is 20.5. The van der Waals surface area contributed by atoms with Gasteiger partial charge in [-0.3, -0.25) is 4.79 Å². The third-order valence-corrected chi connectivity index (χ3v) is 5.16. The maximum atomic E-state index is 13.3. The van der Waals surface area contributed by atoms with Crippen molar-refractivity contribution in [1.82, 2.24) is 24.8 Å². The molecule has 5 rings (SSSR count). The van der Waals surface area contributed by atoms with Gasteiger partial charge in [0.25, 0.3) is 11.6 Å². The van der Waals surface area contributed by atoms with Crippen LogP contribution in [0.15, 0.2) is 59.4 Å². The van der Waals surface area contributed by atoms with Crippen LogP contribution in [0.3, 0.4) is 0 Å². The summed E-state index contributed by atoms with van der Waals surface area (Å²) in [5, 5.41) is 7.42. The molecular formula is C23H18FN5O2. The van der Waals surface area contributed by atoms with E-state index in [1.54, 1.807) is 25.1 Å². The van der Waals surface area contributed by atoms with Gasteiger partial charge in [0, 0.05) is 18.0 Å². The minimum Gasteiger partial charge on any atom is -0.346 e. The summed E-state index contributed by atoms with van der Waals surface area (Å²) in [6.45, 7) is 4.01. The maximum absolute atomic E-state index is 13.3. The Morgan fingerprint density at radius 2 is 1.97 bits per heavy atom. The Morgan fingerprint density at radius 3 is 2.74 bits per heavy atom. The van der Waals surface area contributed by atoms with E-state index in [2.05, 4.69) is 20.4 Å². The molecule has 0 atom stereocenters. The van der Waals surface area contributed by atoms with Crippen molar-refractivity contribution in [3.05, 3.63) is 83.2 Å². The lowest BCUT2D eigenvalue weighted by atomic mass is 10.0. The number of halogens is 1. The van der Waals surface area contributed by atoms with E-state index in [1.165, 1.54) is 12.1 Å². The molecule has 0 radical (unpaired) electrons. The largest absolute Gasteiger partial charge is 0.346 e. The van der Waals surface area contributed by atoms with Crippen molar-refractivity contribution in [3.63, 3.8) is 0 Å². The first kappa shape index (κ1) is 18.9. The lowest BCUT2D eigenvalue weighted by molar-refractivity contribution is 0.0952. The Balaban J connectivity index is 1.48. The molecule has 1 N–H and O–H groups in total. The van der Waals surface area contributed by atoms with Crippen LogP contribution in [0.2, 0.25) is 0 Å². The lowest BCUT2D eigenvalue weighted by Crippen LogP contribution is -2.23. The predicted octanol–water partition coefficient (Wildman–Crippen LogP) is 4.22. The van der Waals surface area contributed by atoms with E-state index in [-0.39, 0.29) is 24.0 Å². The Labute approximate surface area is 176 Å². The van der Waals surface area contributed by atoms with Gasteiger partial charge in [-0.15, -0.1) is 0 Å². The van der Waals surface area contributed by atoms with Gasteiger partial charge in [-0.25, -0.2) is 14.4 Å². The zero-order valence-electron chi connectivity index (χ0n) is 16.9. The highest BCUT2D eigenvalue weighted by atomic mass is 19.1. The molecule has 0 aliphatic heterocycles. The van der Waals surface area contributed by atoms with Crippen LogP contribution in [-0.4, -0.2) is 25.4 Å². The molecule has 0 aliphatic carbocycles. The number of nitrogens with zero attached hydrogens (tertiary/aromatic N) is 4. The molecule has 0 unspecified atom stereocenters. The number of aromatic nitrogens is 4. The number of aryl methyl sites for hydroxylation is 2. The highest BCUT2D eigenvalue weighted by Crippen LogP contribution is 2.27. The van der Waals surface area contributed by atoms with E-state index >= 15 is 0 Å². The zero-order chi connectivity index (χ0) is 21.5. The van der Waals surface area contributed by atoms with Gasteiger partial charge in [0.2, 0.25) is 0 Å². The van der Waals surface area contributed by atoms with Gasteiger partial charge in [-0.1, -0.05) is 11.2 Å². The number of benzene rings is 1. The van der Waals surface area contributed by atoms with E-state index in [4.69, 9.17) is 4.52 Å². The van der Waals surface area contributed by atoms with Crippen molar-refractivity contribution in [3.8, 4) is 11.3 Å². The monoisotopic (exact) mass is 415 g/mol. The van der Waals surface area contributed by atoms with Gasteiger partial charge in [-0.2, -0.15) is 0 Å². The van der Waals surface area contributed by atoms with Gasteiger partial charge < -0.3 is 14.2 Å².